The maximum atomic E-state index is 12.9. The molecule has 1 aromatic heterocycles. The summed E-state index contributed by atoms with van der Waals surface area (Å²) in [6.45, 7) is 2.50. The number of ether oxygens (including phenoxy) is 1. The molecule has 2 N–H and O–H groups in total. The van der Waals surface area contributed by atoms with Gasteiger partial charge in [-0.3, -0.25) is 9.78 Å². The van der Waals surface area contributed by atoms with Crippen LogP contribution in [0.3, 0.4) is 0 Å². The molecule has 1 aliphatic heterocycles. The Morgan fingerprint density at radius 1 is 0.949 bits per heavy atom. The van der Waals surface area contributed by atoms with Gasteiger partial charge in [-0.2, -0.15) is 0 Å². The van der Waals surface area contributed by atoms with E-state index in [1.165, 1.54) is 22.3 Å². The molecule has 1 aliphatic carbocycles. The van der Waals surface area contributed by atoms with Gasteiger partial charge in [0.2, 0.25) is 5.91 Å². The summed E-state index contributed by atoms with van der Waals surface area (Å²) in [5.41, 5.74) is 6.14. The van der Waals surface area contributed by atoms with E-state index >= 15 is 0 Å². The summed E-state index contributed by atoms with van der Waals surface area (Å²) in [6.07, 6.45) is 4.30. The molecule has 6 heteroatoms. The number of β-amino-alcohol motifs (C(OH)–C–C–N with tert-alkyl or cyclic N) is 1. The highest BCUT2D eigenvalue weighted by Gasteiger charge is 2.29. The third kappa shape index (κ3) is 5.68. The number of pyridine rings is 1. The molecule has 1 atom stereocenters. The fraction of sp³-hybridized carbons (Fsp3) is 0.333. The molecule has 1 amide bonds. The zero-order chi connectivity index (χ0) is 26.6. The third-order valence-electron chi connectivity index (χ3n) is 8.08. The van der Waals surface area contributed by atoms with Crippen molar-refractivity contribution in [3.63, 3.8) is 0 Å². The maximum Gasteiger partial charge on any atom is 0.220 e. The number of piperidine rings is 1. The van der Waals surface area contributed by atoms with Gasteiger partial charge < -0.3 is 20.1 Å². The first kappa shape index (κ1) is 25.5. The molecule has 200 valence electrons. The van der Waals surface area contributed by atoms with E-state index in [4.69, 9.17) is 4.74 Å². The first-order chi connectivity index (χ1) is 19.2. The smallest absolute Gasteiger partial charge is 0.220 e. The Hall–Kier alpha value is -3.74. The number of nitrogens with zero attached hydrogens (tertiary/aromatic N) is 2. The molecule has 0 bridgehead atoms. The first-order valence-corrected chi connectivity index (χ1v) is 14.0. The van der Waals surface area contributed by atoms with Crippen LogP contribution < -0.4 is 10.1 Å². The van der Waals surface area contributed by atoms with Gasteiger partial charge in [0, 0.05) is 49.6 Å². The Morgan fingerprint density at radius 3 is 2.41 bits per heavy atom. The molecule has 1 saturated heterocycles. The summed E-state index contributed by atoms with van der Waals surface area (Å²) >= 11 is 0. The second-order valence-electron chi connectivity index (χ2n) is 10.7. The zero-order valence-corrected chi connectivity index (χ0v) is 22.1. The Balaban J connectivity index is 0.943. The van der Waals surface area contributed by atoms with Crippen LogP contribution in [-0.2, 0) is 4.79 Å². The van der Waals surface area contributed by atoms with Gasteiger partial charge in [0.15, 0.2) is 0 Å². The van der Waals surface area contributed by atoms with Gasteiger partial charge in [0.25, 0.3) is 0 Å². The van der Waals surface area contributed by atoms with E-state index in [2.05, 4.69) is 63.7 Å². The van der Waals surface area contributed by atoms with E-state index in [0.717, 1.165) is 49.0 Å². The Labute approximate surface area is 229 Å². The molecule has 2 heterocycles. The average molecular weight is 522 g/mol. The average Bonchev–Trinajstić information content (AvgIpc) is 3.29. The second kappa shape index (κ2) is 11.6. The van der Waals surface area contributed by atoms with Crippen LogP contribution in [0.4, 0.5) is 0 Å². The van der Waals surface area contributed by atoms with Gasteiger partial charge in [0.1, 0.15) is 18.5 Å². The number of rotatable bonds is 9. The highest BCUT2D eigenvalue weighted by Crippen LogP contribution is 2.46. The van der Waals surface area contributed by atoms with Crippen molar-refractivity contribution in [2.75, 3.05) is 26.2 Å². The number of hydrogen-bond acceptors (Lipinski definition) is 5. The molecule has 39 heavy (non-hydrogen) atoms. The molecule has 3 aromatic carbocycles. The molecule has 6 rings (SSSR count). The van der Waals surface area contributed by atoms with Crippen LogP contribution in [0.15, 0.2) is 85.1 Å². The fourth-order valence-electron chi connectivity index (χ4n) is 6.14. The molecule has 0 unspecified atom stereocenters. The van der Waals surface area contributed by atoms with E-state index in [1.807, 2.05) is 30.3 Å². The van der Waals surface area contributed by atoms with E-state index < -0.39 is 6.10 Å². The van der Waals surface area contributed by atoms with E-state index in [-0.39, 0.29) is 24.5 Å². The number of carbonyl (C=O) groups is 1. The second-order valence-corrected chi connectivity index (χ2v) is 10.7. The summed E-state index contributed by atoms with van der Waals surface area (Å²) in [6, 6.07) is 27.0. The highest BCUT2D eigenvalue weighted by atomic mass is 16.5. The number of benzene rings is 3. The minimum atomic E-state index is -0.583. The van der Waals surface area contributed by atoms with Crippen LogP contribution in [0.25, 0.3) is 22.0 Å². The molecular formula is C33H35N3O3. The predicted octanol–water partition coefficient (Wildman–Crippen LogP) is 5.15. The van der Waals surface area contributed by atoms with Crippen LogP contribution in [0, 0.1) is 0 Å². The molecule has 4 aromatic rings. The Morgan fingerprint density at radius 2 is 1.67 bits per heavy atom. The van der Waals surface area contributed by atoms with Crippen molar-refractivity contribution >= 4 is 16.8 Å². The first-order valence-electron chi connectivity index (χ1n) is 14.0. The molecule has 6 nitrogen and oxygen atoms in total. The summed E-state index contributed by atoms with van der Waals surface area (Å²) in [5.74, 6) is 1.15. The molecule has 1 fully saturated rings. The number of carbonyl (C=O) groups excluding carboxylic acids is 1. The minimum absolute atomic E-state index is 0.133. The third-order valence-corrected chi connectivity index (χ3v) is 8.08. The summed E-state index contributed by atoms with van der Waals surface area (Å²) in [7, 11) is 0. The van der Waals surface area contributed by atoms with Gasteiger partial charge in [-0.25, -0.2) is 0 Å². The van der Waals surface area contributed by atoms with Crippen molar-refractivity contribution in [3.8, 4) is 16.9 Å². The van der Waals surface area contributed by atoms with E-state index in [9.17, 15) is 9.90 Å². The lowest BCUT2D eigenvalue weighted by Gasteiger charge is -2.33. The normalized spacial score (nSPS) is 16.5. The van der Waals surface area contributed by atoms with Crippen LogP contribution >= 0.6 is 0 Å². The topological polar surface area (TPSA) is 74.7 Å². The summed E-state index contributed by atoms with van der Waals surface area (Å²) in [4.78, 5) is 19.5. The number of fused-ring (bicyclic) bond motifs is 4. The molecule has 0 radical (unpaired) electrons. The standard InChI is InChI=1S/C33H35N3O3/c37-24(22-39-32-13-5-12-31-30(32)11-6-18-34-31)21-36-19-16-23(17-20-36)35-33(38)15-14-29-27-9-3-1-7-25(27)26-8-2-4-10-28(26)29/h1-13,18,23-24,29,37H,14-17,19-22H2,(H,35,38)/t24-/m1/s1. The number of likely N-dealkylation sites (tertiary alicyclic amines) is 1. The minimum Gasteiger partial charge on any atom is -0.490 e. The summed E-state index contributed by atoms with van der Waals surface area (Å²) < 4.78 is 5.94. The fourth-order valence-corrected chi connectivity index (χ4v) is 6.14. The number of aromatic nitrogens is 1. The number of aliphatic hydroxyl groups is 1. The van der Waals surface area contributed by atoms with Crippen LogP contribution in [0.1, 0.15) is 42.7 Å². The van der Waals surface area contributed by atoms with E-state index in [1.54, 1.807) is 6.20 Å². The van der Waals surface area contributed by atoms with Crippen LogP contribution in [0.2, 0.25) is 0 Å². The largest absolute Gasteiger partial charge is 0.490 e. The molecular weight excluding hydrogens is 486 g/mol. The van der Waals surface area contributed by atoms with Crippen molar-refractivity contribution in [1.29, 1.82) is 0 Å². The van der Waals surface area contributed by atoms with Crippen molar-refractivity contribution < 1.29 is 14.6 Å². The van der Waals surface area contributed by atoms with Crippen LogP contribution in [-0.4, -0.2) is 59.3 Å². The lowest BCUT2D eigenvalue weighted by Crippen LogP contribution is -2.47. The zero-order valence-electron chi connectivity index (χ0n) is 22.1. The maximum absolute atomic E-state index is 12.9. The Kier molecular flexibility index (Phi) is 7.57. The lowest BCUT2D eigenvalue weighted by molar-refractivity contribution is -0.122. The lowest BCUT2D eigenvalue weighted by atomic mass is 9.92. The van der Waals surface area contributed by atoms with Crippen molar-refractivity contribution in [3.05, 3.63) is 96.2 Å². The predicted molar refractivity (Wildman–Crippen MR) is 154 cm³/mol. The van der Waals surface area contributed by atoms with Crippen molar-refractivity contribution in [1.82, 2.24) is 15.2 Å². The number of nitrogens with one attached hydrogen (secondary N) is 1. The quantitative estimate of drug-likeness (QED) is 0.319. The van der Waals surface area contributed by atoms with Gasteiger partial charge in [-0.1, -0.05) is 54.6 Å². The van der Waals surface area contributed by atoms with Gasteiger partial charge in [-0.05, 0) is 65.8 Å². The van der Waals surface area contributed by atoms with Gasteiger partial charge in [0.05, 0.1) is 5.52 Å². The van der Waals surface area contributed by atoms with Gasteiger partial charge >= 0.3 is 0 Å². The molecule has 0 saturated carbocycles. The number of amides is 1. The highest BCUT2D eigenvalue weighted by molar-refractivity contribution is 5.84. The van der Waals surface area contributed by atoms with Crippen molar-refractivity contribution in [2.45, 2.75) is 43.7 Å². The van der Waals surface area contributed by atoms with E-state index in [0.29, 0.717) is 13.0 Å². The van der Waals surface area contributed by atoms with Crippen LogP contribution in [0.5, 0.6) is 5.75 Å². The van der Waals surface area contributed by atoms with Gasteiger partial charge in [-0.15, -0.1) is 0 Å². The Bertz CT molecular complexity index is 1400. The summed E-state index contributed by atoms with van der Waals surface area (Å²) in [5, 5.41) is 14.8. The monoisotopic (exact) mass is 521 g/mol. The number of hydrogen-bond donors (Lipinski definition) is 2. The molecule has 0 spiro atoms. The number of aliphatic hydroxyl groups excluding tert-OH is 1. The molecule has 2 aliphatic rings. The SMILES string of the molecule is O=C(CCC1c2ccccc2-c2ccccc21)NC1CCN(C[C@@H](O)COc2cccc3ncccc23)CC1. The van der Waals surface area contributed by atoms with Crippen molar-refractivity contribution in [2.24, 2.45) is 0 Å².